The van der Waals surface area contributed by atoms with Crippen molar-refractivity contribution in [2.75, 3.05) is 52.7 Å². The van der Waals surface area contributed by atoms with E-state index in [0.29, 0.717) is 101 Å². The number of pyridine rings is 1. The SMILES string of the molecule is CCOC1(OCC)N(Cc2cccc(CN3CC[C@](OCC)(C(O)(c4ccccc4)c4ccccc4)C3(OCC)OCC)n2)CC[C@]1(OCC)C(O)(c1ccccc1)c1ccccc1. The molecule has 2 saturated heterocycles. The van der Waals surface area contributed by atoms with Crippen molar-refractivity contribution in [3.8, 4) is 0 Å². The fourth-order valence-electron chi connectivity index (χ4n) is 10.7. The lowest BCUT2D eigenvalue weighted by atomic mass is 9.70. The Morgan fingerprint density at radius 3 is 0.969 bits per heavy atom. The van der Waals surface area contributed by atoms with Crippen LogP contribution in [0.25, 0.3) is 0 Å². The minimum Gasteiger partial charge on any atom is -0.377 e. The first-order chi connectivity index (χ1) is 31.2. The zero-order valence-corrected chi connectivity index (χ0v) is 38.4. The van der Waals surface area contributed by atoms with E-state index in [-0.39, 0.29) is 0 Å². The van der Waals surface area contributed by atoms with Crippen LogP contribution in [0.5, 0.6) is 0 Å². The number of benzene rings is 4. The van der Waals surface area contributed by atoms with Crippen molar-refractivity contribution < 1.29 is 38.6 Å². The van der Waals surface area contributed by atoms with Crippen LogP contribution in [-0.2, 0) is 52.7 Å². The minimum atomic E-state index is -1.69. The number of hydrogen-bond acceptors (Lipinski definition) is 11. The highest BCUT2D eigenvalue weighted by Gasteiger charge is 2.74. The van der Waals surface area contributed by atoms with E-state index in [4.69, 9.17) is 33.4 Å². The molecule has 7 rings (SSSR count). The first-order valence-corrected chi connectivity index (χ1v) is 23.1. The molecule has 342 valence electrons. The third-order valence-corrected chi connectivity index (χ3v) is 13.0. The molecule has 4 aromatic carbocycles. The van der Waals surface area contributed by atoms with E-state index in [0.717, 1.165) is 11.4 Å². The summed E-state index contributed by atoms with van der Waals surface area (Å²) in [5.41, 5.74) is -1.96. The Kier molecular flexibility index (Phi) is 15.2. The van der Waals surface area contributed by atoms with Gasteiger partial charge in [-0.15, -0.1) is 0 Å². The molecule has 11 nitrogen and oxygen atoms in total. The summed E-state index contributed by atoms with van der Waals surface area (Å²) in [6.07, 6.45) is 0.788. The second-order valence-corrected chi connectivity index (χ2v) is 16.3. The average molecular weight is 874 g/mol. The van der Waals surface area contributed by atoms with Crippen molar-refractivity contribution in [2.24, 2.45) is 0 Å². The Morgan fingerprint density at radius 2 is 0.703 bits per heavy atom. The van der Waals surface area contributed by atoms with Crippen LogP contribution in [0.4, 0.5) is 0 Å². The Morgan fingerprint density at radius 1 is 0.422 bits per heavy atom. The molecule has 0 amide bonds. The molecule has 0 saturated carbocycles. The van der Waals surface area contributed by atoms with E-state index in [9.17, 15) is 10.2 Å². The quantitative estimate of drug-likeness (QED) is 0.0654. The maximum Gasteiger partial charge on any atom is 0.264 e. The molecule has 5 aromatic rings. The van der Waals surface area contributed by atoms with Crippen molar-refractivity contribution in [2.45, 2.75) is 102 Å². The smallest absolute Gasteiger partial charge is 0.264 e. The summed E-state index contributed by atoms with van der Waals surface area (Å²) in [7, 11) is 0. The first kappa shape index (κ1) is 47.6. The lowest BCUT2D eigenvalue weighted by molar-refractivity contribution is -0.398. The molecule has 0 spiro atoms. The zero-order chi connectivity index (χ0) is 45.3. The number of nitrogens with zero attached hydrogens (tertiary/aromatic N) is 3. The maximum absolute atomic E-state index is 13.5. The third kappa shape index (κ3) is 7.83. The van der Waals surface area contributed by atoms with E-state index in [1.807, 2.05) is 181 Å². The van der Waals surface area contributed by atoms with Gasteiger partial charge in [-0.2, -0.15) is 0 Å². The van der Waals surface area contributed by atoms with Gasteiger partial charge in [-0.3, -0.25) is 4.98 Å². The maximum atomic E-state index is 13.5. The summed E-state index contributed by atoms with van der Waals surface area (Å²) in [5, 5.41) is 27.1. The fourth-order valence-corrected chi connectivity index (χ4v) is 10.7. The van der Waals surface area contributed by atoms with Gasteiger partial charge in [0.2, 0.25) is 0 Å². The van der Waals surface area contributed by atoms with Gasteiger partial charge in [0.1, 0.15) is 0 Å². The van der Waals surface area contributed by atoms with Crippen LogP contribution >= 0.6 is 0 Å². The van der Waals surface area contributed by atoms with Gasteiger partial charge in [0.25, 0.3) is 11.8 Å². The van der Waals surface area contributed by atoms with E-state index in [1.165, 1.54) is 0 Å². The normalized spacial score (nSPS) is 21.4. The van der Waals surface area contributed by atoms with Crippen molar-refractivity contribution in [1.29, 1.82) is 0 Å². The van der Waals surface area contributed by atoms with Gasteiger partial charge in [-0.1, -0.05) is 127 Å². The Hall–Kier alpha value is -4.37. The van der Waals surface area contributed by atoms with Crippen LogP contribution in [-0.4, -0.2) is 101 Å². The summed E-state index contributed by atoms with van der Waals surface area (Å²) in [6.45, 7) is 15.0. The highest BCUT2D eigenvalue weighted by atomic mass is 16.8. The first-order valence-electron chi connectivity index (χ1n) is 23.1. The molecule has 2 aliphatic heterocycles. The van der Waals surface area contributed by atoms with Crippen molar-refractivity contribution >= 4 is 0 Å². The Balaban J connectivity index is 1.30. The summed E-state index contributed by atoms with van der Waals surface area (Å²) >= 11 is 0. The molecule has 2 N–H and O–H groups in total. The molecule has 2 atom stereocenters. The number of hydrogen-bond donors (Lipinski definition) is 2. The van der Waals surface area contributed by atoms with Gasteiger partial charge < -0.3 is 38.6 Å². The van der Waals surface area contributed by atoms with Gasteiger partial charge in [-0.25, -0.2) is 9.80 Å². The monoisotopic (exact) mass is 873 g/mol. The number of aromatic nitrogens is 1. The van der Waals surface area contributed by atoms with Crippen LogP contribution in [0.1, 0.15) is 88.0 Å². The lowest BCUT2D eigenvalue weighted by Gasteiger charge is -2.54. The standard InChI is InChI=1S/C53H67N3O8/c1-7-59-48(50(57,42-26-17-13-18-27-42)43-28-19-14-20-29-43)36-38-55(52(48,61-9-3)62-10-4)40-46-34-25-35-47(54-46)41-56-39-37-49(60-8-2,53(56,63-11-5)64-12-6)51(58,44-30-21-15-22-31-44)45-32-23-16-24-33-45/h13-35,57-58H,7-12,36-41H2,1-6H3/t48-,49-/m0/s1. The zero-order valence-electron chi connectivity index (χ0n) is 38.4. The van der Waals surface area contributed by atoms with Gasteiger partial charge in [-0.05, 0) is 88.8 Å². The van der Waals surface area contributed by atoms with Crippen LogP contribution in [0.2, 0.25) is 0 Å². The predicted octanol–water partition coefficient (Wildman–Crippen LogP) is 8.37. The molecule has 0 bridgehead atoms. The van der Waals surface area contributed by atoms with E-state index in [2.05, 4.69) is 9.80 Å². The van der Waals surface area contributed by atoms with E-state index in [1.54, 1.807) is 0 Å². The topological polar surface area (TPSA) is 115 Å². The molecule has 2 aliphatic rings. The minimum absolute atomic E-state index is 0.296. The summed E-state index contributed by atoms with van der Waals surface area (Å²) in [6, 6.07) is 44.8. The fraction of sp³-hybridized carbons (Fsp3) is 0.453. The van der Waals surface area contributed by atoms with Gasteiger partial charge in [0.05, 0.1) is 11.4 Å². The van der Waals surface area contributed by atoms with Crippen LogP contribution in [0, 0.1) is 0 Å². The summed E-state index contributed by atoms with van der Waals surface area (Å²) in [4.78, 5) is 9.55. The van der Waals surface area contributed by atoms with Crippen LogP contribution in [0.15, 0.2) is 140 Å². The molecule has 64 heavy (non-hydrogen) atoms. The molecule has 0 unspecified atom stereocenters. The van der Waals surface area contributed by atoms with Gasteiger partial charge in [0, 0.05) is 65.8 Å². The lowest BCUT2D eigenvalue weighted by Crippen LogP contribution is -2.71. The Labute approximate surface area is 379 Å². The second kappa shape index (κ2) is 20.4. The highest BCUT2D eigenvalue weighted by Crippen LogP contribution is 2.58. The van der Waals surface area contributed by atoms with Gasteiger partial charge >= 0.3 is 0 Å². The summed E-state index contributed by atoms with van der Waals surface area (Å²) < 4.78 is 41.3. The van der Waals surface area contributed by atoms with E-state index >= 15 is 0 Å². The number of aliphatic hydroxyl groups is 2. The van der Waals surface area contributed by atoms with Crippen molar-refractivity contribution in [1.82, 2.24) is 14.8 Å². The molecule has 0 radical (unpaired) electrons. The molecule has 11 heteroatoms. The molecule has 1 aromatic heterocycles. The van der Waals surface area contributed by atoms with E-state index < -0.39 is 34.2 Å². The number of rotatable bonds is 22. The largest absolute Gasteiger partial charge is 0.377 e. The molecular weight excluding hydrogens is 807 g/mol. The summed E-state index contributed by atoms with van der Waals surface area (Å²) in [5.74, 6) is -3.07. The number of ether oxygens (including phenoxy) is 6. The number of likely N-dealkylation sites (tertiary alicyclic amines) is 2. The Bertz CT molecular complexity index is 1960. The third-order valence-electron chi connectivity index (χ3n) is 13.0. The predicted molar refractivity (Wildman–Crippen MR) is 247 cm³/mol. The molecule has 0 aliphatic carbocycles. The van der Waals surface area contributed by atoms with Crippen LogP contribution in [0.3, 0.4) is 0 Å². The average Bonchev–Trinajstić information content (AvgIpc) is 3.79. The van der Waals surface area contributed by atoms with Gasteiger partial charge in [0.15, 0.2) is 22.4 Å². The molecule has 3 heterocycles. The highest BCUT2D eigenvalue weighted by molar-refractivity contribution is 5.44. The molecular formula is C53H67N3O8. The van der Waals surface area contributed by atoms with Crippen LogP contribution < -0.4 is 0 Å². The van der Waals surface area contributed by atoms with Crippen molar-refractivity contribution in [3.63, 3.8) is 0 Å². The molecule has 2 fully saturated rings. The van der Waals surface area contributed by atoms with Crippen molar-refractivity contribution in [3.05, 3.63) is 173 Å². The second-order valence-electron chi connectivity index (χ2n) is 16.3.